The van der Waals surface area contributed by atoms with Gasteiger partial charge in [0.05, 0.1) is 29.5 Å². The Bertz CT molecular complexity index is 920. The number of nitrogens with zero attached hydrogens (tertiary/aromatic N) is 2. The Hall–Kier alpha value is -2.93. The maximum atomic E-state index is 12.0. The molecule has 1 aromatic heterocycles. The van der Waals surface area contributed by atoms with Gasteiger partial charge in [0.2, 0.25) is 5.91 Å². The van der Waals surface area contributed by atoms with E-state index in [4.69, 9.17) is 10.5 Å². The van der Waals surface area contributed by atoms with Gasteiger partial charge in [0, 0.05) is 0 Å². The van der Waals surface area contributed by atoms with Crippen molar-refractivity contribution in [2.75, 3.05) is 12.3 Å². The number of carbonyl (C=O) groups is 1. The van der Waals surface area contributed by atoms with Gasteiger partial charge in [-0.3, -0.25) is 4.79 Å². The zero-order valence-corrected chi connectivity index (χ0v) is 14.5. The van der Waals surface area contributed by atoms with Crippen LogP contribution in [0.15, 0.2) is 47.6 Å². The van der Waals surface area contributed by atoms with Crippen LogP contribution < -0.4 is 15.9 Å². The van der Waals surface area contributed by atoms with E-state index in [2.05, 4.69) is 15.5 Å². The molecule has 0 spiro atoms. The molecule has 3 rings (SSSR count). The second-order valence-electron chi connectivity index (χ2n) is 5.33. The first-order valence-corrected chi connectivity index (χ1v) is 8.65. The Morgan fingerprint density at radius 3 is 3.08 bits per heavy atom. The number of nitrogens with two attached hydrogens (primary N) is 1. The van der Waals surface area contributed by atoms with Crippen molar-refractivity contribution in [2.24, 2.45) is 5.10 Å². The molecule has 128 valence electrons. The highest BCUT2D eigenvalue weighted by Crippen LogP contribution is 2.24. The molecule has 0 saturated heterocycles. The maximum Gasteiger partial charge on any atom is 0.244 e. The third kappa shape index (κ3) is 4.54. The van der Waals surface area contributed by atoms with Gasteiger partial charge in [0.15, 0.2) is 5.13 Å². The molecule has 0 atom stereocenters. The van der Waals surface area contributed by atoms with Crippen LogP contribution in [0.2, 0.25) is 0 Å². The van der Waals surface area contributed by atoms with Crippen LogP contribution in [0, 0.1) is 0 Å². The van der Waals surface area contributed by atoms with Crippen LogP contribution in [-0.2, 0) is 11.2 Å². The molecule has 0 aliphatic heterocycles. The number of aromatic nitrogens is 1. The SMILES string of the molecule is CCOc1cccc(/C=N\NC(=O)Cc2ccc3nc(N)sc3c2)c1. The summed E-state index contributed by atoms with van der Waals surface area (Å²) in [5, 5.41) is 4.52. The summed E-state index contributed by atoms with van der Waals surface area (Å²) >= 11 is 1.41. The Labute approximate surface area is 149 Å². The van der Waals surface area contributed by atoms with Crippen molar-refractivity contribution in [1.29, 1.82) is 0 Å². The van der Waals surface area contributed by atoms with Gasteiger partial charge in [-0.15, -0.1) is 0 Å². The number of nitrogen functional groups attached to an aromatic ring is 1. The van der Waals surface area contributed by atoms with E-state index in [0.29, 0.717) is 11.7 Å². The van der Waals surface area contributed by atoms with Gasteiger partial charge in [0.1, 0.15) is 5.75 Å². The molecular formula is C18H18N4O2S. The fourth-order valence-electron chi connectivity index (χ4n) is 2.35. The van der Waals surface area contributed by atoms with Crippen LogP contribution in [0.1, 0.15) is 18.1 Å². The fourth-order valence-corrected chi connectivity index (χ4v) is 3.15. The Balaban J connectivity index is 1.59. The first kappa shape index (κ1) is 16.9. The normalized spacial score (nSPS) is 11.1. The summed E-state index contributed by atoms with van der Waals surface area (Å²) in [6, 6.07) is 13.2. The quantitative estimate of drug-likeness (QED) is 0.526. The topological polar surface area (TPSA) is 89.6 Å². The molecule has 0 aliphatic carbocycles. The fraction of sp³-hybridized carbons (Fsp3) is 0.167. The average molecular weight is 354 g/mol. The summed E-state index contributed by atoms with van der Waals surface area (Å²) in [7, 11) is 0. The predicted octanol–water partition coefficient (Wildman–Crippen LogP) is 2.97. The number of carbonyl (C=O) groups excluding carboxylic acids is 1. The molecule has 6 nitrogen and oxygen atoms in total. The minimum atomic E-state index is -0.186. The number of thiazole rings is 1. The standard InChI is InChI=1S/C18H18N4O2S/c1-2-24-14-5-3-4-13(8-14)11-20-22-17(23)10-12-6-7-15-16(9-12)25-18(19)21-15/h3-9,11H,2,10H2,1H3,(H2,19,21)(H,22,23)/b20-11-. The molecule has 1 amide bonds. The molecule has 0 radical (unpaired) electrons. The van der Waals surface area contributed by atoms with Gasteiger partial charge in [-0.05, 0) is 42.3 Å². The third-order valence-electron chi connectivity index (χ3n) is 3.41. The van der Waals surface area contributed by atoms with Crippen molar-refractivity contribution in [3.63, 3.8) is 0 Å². The Kier molecular flexibility index (Phi) is 5.25. The van der Waals surface area contributed by atoms with Gasteiger partial charge >= 0.3 is 0 Å². The summed E-state index contributed by atoms with van der Waals surface area (Å²) in [6.07, 6.45) is 1.83. The van der Waals surface area contributed by atoms with E-state index < -0.39 is 0 Å². The zero-order chi connectivity index (χ0) is 17.6. The minimum Gasteiger partial charge on any atom is -0.494 e. The lowest BCUT2D eigenvalue weighted by atomic mass is 10.1. The number of ether oxygens (including phenoxy) is 1. The second kappa shape index (κ2) is 7.76. The number of nitrogens with one attached hydrogen (secondary N) is 1. The summed E-state index contributed by atoms with van der Waals surface area (Å²) in [5.41, 5.74) is 10.8. The Morgan fingerprint density at radius 1 is 1.36 bits per heavy atom. The van der Waals surface area contributed by atoms with Crippen LogP contribution >= 0.6 is 11.3 Å². The van der Waals surface area contributed by atoms with E-state index in [1.54, 1.807) is 6.21 Å². The molecule has 3 N–H and O–H groups in total. The van der Waals surface area contributed by atoms with Crippen molar-refractivity contribution in [1.82, 2.24) is 10.4 Å². The van der Waals surface area contributed by atoms with Crippen LogP contribution in [0.3, 0.4) is 0 Å². The number of fused-ring (bicyclic) bond motifs is 1. The monoisotopic (exact) mass is 354 g/mol. The number of amides is 1. The van der Waals surface area contributed by atoms with E-state index >= 15 is 0 Å². The molecule has 1 heterocycles. The van der Waals surface area contributed by atoms with Gasteiger partial charge in [0.25, 0.3) is 0 Å². The minimum absolute atomic E-state index is 0.186. The molecule has 0 saturated carbocycles. The number of anilines is 1. The largest absolute Gasteiger partial charge is 0.494 e. The lowest BCUT2D eigenvalue weighted by Gasteiger charge is -2.03. The highest BCUT2D eigenvalue weighted by molar-refractivity contribution is 7.22. The van der Waals surface area contributed by atoms with Crippen molar-refractivity contribution in [3.05, 3.63) is 53.6 Å². The molecule has 0 unspecified atom stereocenters. The number of hydrogen-bond acceptors (Lipinski definition) is 6. The molecule has 25 heavy (non-hydrogen) atoms. The van der Waals surface area contributed by atoms with Crippen LogP contribution in [0.25, 0.3) is 10.2 Å². The van der Waals surface area contributed by atoms with Crippen molar-refractivity contribution >= 4 is 38.8 Å². The maximum absolute atomic E-state index is 12.0. The smallest absolute Gasteiger partial charge is 0.244 e. The second-order valence-corrected chi connectivity index (χ2v) is 6.39. The zero-order valence-electron chi connectivity index (χ0n) is 13.7. The summed E-state index contributed by atoms with van der Waals surface area (Å²) in [6.45, 7) is 2.53. The molecule has 3 aromatic rings. The predicted molar refractivity (Wildman–Crippen MR) is 101 cm³/mol. The summed E-state index contributed by atoms with van der Waals surface area (Å²) in [5.74, 6) is 0.587. The van der Waals surface area contributed by atoms with Gasteiger partial charge in [-0.25, -0.2) is 10.4 Å². The lowest BCUT2D eigenvalue weighted by Crippen LogP contribution is -2.19. The highest BCUT2D eigenvalue weighted by atomic mass is 32.1. The summed E-state index contributed by atoms with van der Waals surface area (Å²) < 4.78 is 6.40. The molecule has 7 heteroatoms. The van der Waals surface area contributed by atoms with Crippen molar-refractivity contribution in [2.45, 2.75) is 13.3 Å². The van der Waals surface area contributed by atoms with E-state index in [0.717, 1.165) is 27.1 Å². The van der Waals surface area contributed by atoms with E-state index in [1.807, 2.05) is 49.4 Å². The van der Waals surface area contributed by atoms with Gasteiger partial charge in [-0.2, -0.15) is 5.10 Å². The Morgan fingerprint density at radius 2 is 2.24 bits per heavy atom. The number of hydrogen-bond donors (Lipinski definition) is 2. The number of benzene rings is 2. The molecule has 0 bridgehead atoms. The van der Waals surface area contributed by atoms with Crippen LogP contribution in [0.5, 0.6) is 5.75 Å². The molecule has 2 aromatic carbocycles. The molecule has 0 aliphatic rings. The van der Waals surface area contributed by atoms with Crippen LogP contribution in [0.4, 0.5) is 5.13 Å². The highest BCUT2D eigenvalue weighted by Gasteiger charge is 2.06. The van der Waals surface area contributed by atoms with E-state index in [9.17, 15) is 4.79 Å². The van der Waals surface area contributed by atoms with Gasteiger partial charge < -0.3 is 10.5 Å². The summed E-state index contributed by atoms with van der Waals surface area (Å²) in [4.78, 5) is 16.2. The average Bonchev–Trinajstić information content (AvgIpc) is 2.95. The first-order valence-electron chi connectivity index (χ1n) is 7.84. The molecule has 0 fully saturated rings. The van der Waals surface area contributed by atoms with E-state index in [-0.39, 0.29) is 12.3 Å². The third-order valence-corrected chi connectivity index (χ3v) is 4.25. The lowest BCUT2D eigenvalue weighted by molar-refractivity contribution is -0.120. The van der Waals surface area contributed by atoms with Crippen molar-refractivity contribution < 1.29 is 9.53 Å². The first-order chi connectivity index (χ1) is 12.1. The van der Waals surface area contributed by atoms with Gasteiger partial charge in [-0.1, -0.05) is 29.5 Å². The van der Waals surface area contributed by atoms with Crippen molar-refractivity contribution in [3.8, 4) is 5.75 Å². The number of hydrazone groups is 1. The van der Waals surface area contributed by atoms with Crippen LogP contribution in [-0.4, -0.2) is 23.7 Å². The van der Waals surface area contributed by atoms with E-state index in [1.165, 1.54) is 11.3 Å². The number of rotatable bonds is 6. The molecular weight excluding hydrogens is 336 g/mol.